The SMILES string of the molecule is CCn1cc(C(=O)OCC(=O)c2cc(OC)ccc2OC)c2ccccc21. The summed E-state index contributed by atoms with van der Waals surface area (Å²) in [6.45, 7) is 2.35. The first-order chi connectivity index (χ1) is 13.1. The molecule has 6 heteroatoms. The Kier molecular flexibility index (Phi) is 5.45. The van der Waals surface area contributed by atoms with Crippen molar-refractivity contribution in [3.63, 3.8) is 0 Å². The Morgan fingerprint density at radius 3 is 2.48 bits per heavy atom. The summed E-state index contributed by atoms with van der Waals surface area (Å²) in [5, 5.41) is 0.802. The number of fused-ring (bicyclic) bond motifs is 1. The van der Waals surface area contributed by atoms with E-state index >= 15 is 0 Å². The number of ketones is 1. The Labute approximate surface area is 157 Å². The summed E-state index contributed by atoms with van der Waals surface area (Å²) in [6.07, 6.45) is 1.75. The van der Waals surface area contributed by atoms with Gasteiger partial charge in [-0.25, -0.2) is 4.79 Å². The van der Waals surface area contributed by atoms with Crippen LogP contribution in [0.15, 0.2) is 48.7 Å². The van der Waals surface area contributed by atoms with E-state index in [2.05, 4.69) is 0 Å². The lowest BCUT2D eigenvalue weighted by Crippen LogP contribution is -2.15. The second-order valence-corrected chi connectivity index (χ2v) is 5.91. The van der Waals surface area contributed by atoms with Crippen LogP contribution < -0.4 is 9.47 Å². The van der Waals surface area contributed by atoms with Gasteiger partial charge in [-0.1, -0.05) is 18.2 Å². The summed E-state index contributed by atoms with van der Waals surface area (Å²) in [5.41, 5.74) is 1.70. The number of hydrogen-bond donors (Lipinski definition) is 0. The van der Waals surface area contributed by atoms with E-state index in [1.54, 1.807) is 24.4 Å². The molecule has 2 aromatic carbocycles. The molecule has 1 aromatic heterocycles. The number of carbonyl (C=O) groups is 2. The highest BCUT2D eigenvalue weighted by Crippen LogP contribution is 2.25. The number of benzene rings is 2. The predicted molar refractivity (Wildman–Crippen MR) is 102 cm³/mol. The van der Waals surface area contributed by atoms with Gasteiger partial charge in [0.1, 0.15) is 11.5 Å². The highest BCUT2D eigenvalue weighted by Gasteiger charge is 2.19. The maximum absolute atomic E-state index is 12.6. The maximum Gasteiger partial charge on any atom is 0.340 e. The van der Waals surface area contributed by atoms with Gasteiger partial charge in [0, 0.05) is 23.6 Å². The number of nitrogens with zero attached hydrogens (tertiary/aromatic N) is 1. The summed E-state index contributed by atoms with van der Waals surface area (Å²) in [4.78, 5) is 25.1. The Morgan fingerprint density at radius 1 is 1.00 bits per heavy atom. The first-order valence-corrected chi connectivity index (χ1v) is 8.59. The van der Waals surface area contributed by atoms with Gasteiger partial charge in [-0.3, -0.25) is 4.79 Å². The van der Waals surface area contributed by atoms with Crippen molar-refractivity contribution in [1.82, 2.24) is 4.57 Å². The van der Waals surface area contributed by atoms with Crippen LogP contribution in [0.4, 0.5) is 0 Å². The number of methoxy groups -OCH3 is 2. The Hall–Kier alpha value is -3.28. The lowest BCUT2D eigenvalue weighted by Gasteiger charge is -2.10. The van der Waals surface area contributed by atoms with E-state index in [0.29, 0.717) is 22.6 Å². The summed E-state index contributed by atoms with van der Waals surface area (Å²) in [7, 11) is 2.99. The molecule has 0 spiro atoms. The van der Waals surface area contributed by atoms with Gasteiger partial charge < -0.3 is 18.8 Å². The number of aromatic nitrogens is 1. The zero-order valence-electron chi connectivity index (χ0n) is 15.5. The van der Waals surface area contributed by atoms with Gasteiger partial charge in [0.25, 0.3) is 0 Å². The van der Waals surface area contributed by atoms with Crippen LogP contribution in [0, 0.1) is 0 Å². The first-order valence-electron chi connectivity index (χ1n) is 8.59. The molecule has 0 aliphatic carbocycles. The van der Waals surface area contributed by atoms with Gasteiger partial charge in [-0.05, 0) is 31.2 Å². The third kappa shape index (κ3) is 3.65. The minimum absolute atomic E-state index is 0.306. The van der Waals surface area contributed by atoms with E-state index in [1.165, 1.54) is 14.2 Å². The number of esters is 1. The minimum atomic E-state index is -0.534. The van der Waals surface area contributed by atoms with E-state index in [0.717, 1.165) is 17.4 Å². The van der Waals surface area contributed by atoms with Gasteiger partial charge in [0.2, 0.25) is 5.78 Å². The average molecular weight is 367 g/mol. The van der Waals surface area contributed by atoms with Crippen LogP contribution in [-0.2, 0) is 11.3 Å². The molecule has 0 radical (unpaired) electrons. The largest absolute Gasteiger partial charge is 0.497 e. The summed E-state index contributed by atoms with van der Waals surface area (Å²) in [5.74, 6) is 0.0304. The summed E-state index contributed by atoms with van der Waals surface area (Å²) >= 11 is 0. The number of carbonyl (C=O) groups excluding carboxylic acids is 2. The molecule has 0 atom stereocenters. The van der Waals surface area contributed by atoms with Crippen LogP contribution in [0.25, 0.3) is 10.9 Å². The molecular weight excluding hydrogens is 346 g/mol. The van der Waals surface area contributed by atoms with Crippen LogP contribution in [0.1, 0.15) is 27.6 Å². The normalized spacial score (nSPS) is 10.6. The molecule has 0 N–H and O–H groups in total. The molecule has 0 unspecified atom stereocenters. The van der Waals surface area contributed by atoms with E-state index in [-0.39, 0.29) is 12.4 Å². The van der Waals surface area contributed by atoms with Gasteiger partial charge in [-0.2, -0.15) is 0 Å². The molecule has 0 saturated heterocycles. The molecule has 0 aliphatic heterocycles. The minimum Gasteiger partial charge on any atom is -0.497 e. The quantitative estimate of drug-likeness (QED) is 0.470. The van der Waals surface area contributed by atoms with E-state index in [9.17, 15) is 9.59 Å². The van der Waals surface area contributed by atoms with Crippen molar-refractivity contribution in [2.45, 2.75) is 13.5 Å². The number of ether oxygens (including phenoxy) is 3. The number of Topliss-reactive ketones (excluding diaryl/α,β-unsaturated/α-hetero) is 1. The smallest absolute Gasteiger partial charge is 0.340 e. The molecule has 3 rings (SSSR count). The number of para-hydroxylation sites is 1. The highest BCUT2D eigenvalue weighted by molar-refractivity contribution is 6.06. The second kappa shape index (κ2) is 7.95. The zero-order valence-corrected chi connectivity index (χ0v) is 15.5. The molecule has 0 saturated carbocycles. The van der Waals surface area contributed by atoms with Crippen molar-refractivity contribution in [3.8, 4) is 11.5 Å². The molecule has 6 nitrogen and oxygen atoms in total. The molecule has 3 aromatic rings. The van der Waals surface area contributed by atoms with Gasteiger partial charge >= 0.3 is 5.97 Å². The molecule has 1 heterocycles. The highest BCUT2D eigenvalue weighted by atomic mass is 16.5. The molecule has 0 bridgehead atoms. The lowest BCUT2D eigenvalue weighted by molar-refractivity contribution is 0.0475. The topological polar surface area (TPSA) is 66.8 Å². The van der Waals surface area contributed by atoms with E-state index in [1.807, 2.05) is 35.8 Å². The van der Waals surface area contributed by atoms with Crippen molar-refractivity contribution in [2.75, 3.05) is 20.8 Å². The third-order valence-corrected chi connectivity index (χ3v) is 4.39. The zero-order chi connectivity index (χ0) is 19.4. The van der Waals surface area contributed by atoms with Crippen molar-refractivity contribution >= 4 is 22.7 Å². The molecule has 0 amide bonds. The van der Waals surface area contributed by atoms with Gasteiger partial charge in [-0.15, -0.1) is 0 Å². The Bertz CT molecular complexity index is 989. The number of aryl methyl sites for hydroxylation is 1. The van der Waals surface area contributed by atoms with Crippen molar-refractivity contribution in [2.24, 2.45) is 0 Å². The van der Waals surface area contributed by atoms with E-state index in [4.69, 9.17) is 14.2 Å². The standard InChI is InChI=1S/C21H21NO5/c1-4-22-12-17(15-7-5-6-8-18(15)22)21(24)27-13-19(23)16-11-14(25-2)9-10-20(16)26-3/h5-12H,4,13H2,1-3H3. The average Bonchev–Trinajstić information content (AvgIpc) is 3.10. The Morgan fingerprint density at radius 2 is 1.78 bits per heavy atom. The van der Waals surface area contributed by atoms with Crippen LogP contribution >= 0.6 is 0 Å². The summed E-state index contributed by atoms with van der Waals surface area (Å²) < 4.78 is 17.6. The van der Waals surface area contributed by atoms with Crippen molar-refractivity contribution in [3.05, 3.63) is 59.8 Å². The van der Waals surface area contributed by atoms with Crippen LogP contribution in [0.2, 0.25) is 0 Å². The number of hydrogen-bond acceptors (Lipinski definition) is 5. The van der Waals surface area contributed by atoms with Crippen molar-refractivity contribution in [1.29, 1.82) is 0 Å². The van der Waals surface area contributed by atoms with Gasteiger partial charge in [0.15, 0.2) is 6.61 Å². The van der Waals surface area contributed by atoms with Crippen LogP contribution in [0.3, 0.4) is 0 Å². The van der Waals surface area contributed by atoms with Gasteiger partial charge in [0.05, 0.1) is 25.3 Å². The Balaban J connectivity index is 1.79. The predicted octanol–water partition coefficient (Wildman–Crippen LogP) is 3.72. The summed E-state index contributed by atoms with van der Waals surface area (Å²) in [6, 6.07) is 12.5. The number of rotatable bonds is 7. The van der Waals surface area contributed by atoms with Crippen molar-refractivity contribution < 1.29 is 23.8 Å². The second-order valence-electron chi connectivity index (χ2n) is 5.91. The monoisotopic (exact) mass is 367 g/mol. The molecular formula is C21H21NO5. The lowest BCUT2D eigenvalue weighted by atomic mass is 10.1. The third-order valence-electron chi connectivity index (χ3n) is 4.39. The molecule has 0 fully saturated rings. The molecule has 0 aliphatic rings. The fraction of sp³-hybridized carbons (Fsp3) is 0.238. The van der Waals surface area contributed by atoms with Crippen LogP contribution in [-0.4, -0.2) is 37.1 Å². The fourth-order valence-electron chi connectivity index (χ4n) is 2.99. The molecule has 140 valence electrons. The first kappa shape index (κ1) is 18.5. The molecule has 27 heavy (non-hydrogen) atoms. The van der Waals surface area contributed by atoms with Crippen LogP contribution in [0.5, 0.6) is 11.5 Å². The maximum atomic E-state index is 12.6. The van der Waals surface area contributed by atoms with E-state index < -0.39 is 5.97 Å². The fourth-order valence-corrected chi connectivity index (χ4v) is 2.99.